The SMILES string of the molecule is O=C(CCc1ccc2c(c1)OCO2)NC1CCCN(Cc2cccnc2)C1. The van der Waals surface area contributed by atoms with Crippen LogP contribution in [0.2, 0.25) is 0 Å². The highest BCUT2D eigenvalue weighted by atomic mass is 16.7. The number of fused-ring (bicyclic) bond motifs is 1. The van der Waals surface area contributed by atoms with E-state index in [4.69, 9.17) is 9.47 Å². The molecule has 0 radical (unpaired) electrons. The van der Waals surface area contributed by atoms with E-state index in [1.54, 1.807) is 6.20 Å². The number of likely N-dealkylation sites (tertiary alicyclic amines) is 1. The first-order valence-electron chi connectivity index (χ1n) is 9.55. The van der Waals surface area contributed by atoms with Crippen LogP contribution in [0.3, 0.4) is 0 Å². The highest BCUT2D eigenvalue weighted by Crippen LogP contribution is 2.32. The van der Waals surface area contributed by atoms with Gasteiger partial charge in [0.2, 0.25) is 12.7 Å². The standard InChI is InChI=1S/C21H25N3O3/c25-21(8-6-16-5-7-19-20(11-16)27-15-26-19)23-18-4-2-10-24(14-18)13-17-3-1-9-22-12-17/h1,3,5,7,9,11-12,18H,2,4,6,8,10,13-15H2,(H,23,25). The van der Waals surface area contributed by atoms with Gasteiger partial charge in [-0.2, -0.15) is 0 Å². The molecule has 1 atom stereocenters. The van der Waals surface area contributed by atoms with Crippen molar-refractivity contribution < 1.29 is 14.3 Å². The molecule has 0 spiro atoms. The van der Waals surface area contributed by atoms with Gasteiger partial charge in [0.05, 0.1) is 0 Å². The van der Waals surface area contributed by atoms with E-state index in [9.17, 15) is 4.79 Å². The third-order valence-corrected chi connectivity index (χ3v) is 5.08. The monoisotopic (exact) mass is 367 g/mol. The second-order valence-corrected chi connectivity index (χ2v) is 7.19. The van der Waals surface area contributed by atoms with Gasteiger partial charge in [-0.3, -0.25) is 14.7 Å². The lowest BCUT2D eigenvalue weighted by atomic mass is 10.0. The molecule has 1 unspecified atom stereocenters. The van der Waals surface area contributed by atoms with Gasteiger partial charge >= 0.3 is 0 Å². The van der Waals surface area contributed by atoms with Gasteiger partial charge < -0.3 is 14.8 Å². The van der Waals surface area contributed by atoms with Crippen LogP contribution in [0.1, 0.15) is 30.4 Å². The molecule has 27 heavy (non-hydrogen) atoms. The quantitative estimate of drug-likeness (QED) is 0.850. The molecule has 0 aliphatic carbocycles. The molecule has 3 heterocycles. The molecule has 1 N–H and O–H groups in total. The summed E-state index contributed by atoms with van der Waals surface area (Å²) in [6.45, 7) is 3.12. The number of nitrogens with zero attached hydrogens (tertiary/aromatic N) is 2. The van der Waals surface area contributed by atoms with E-state index in [0.29, 0.717) is 12.8 Å². The lowest BCUT2D eigenvalue weighted by molar-refractivity contribution is -0.122. The number of rotatable bonds is 6. The number of benzene rings is 1. The van der Waals surface area contributed by atoms with Crippen molar-refractivity contribution >= 4 is 5.91 Å². The Hall–Kier alpha value is -2.60. The van der Waals surface area contributed by atoms with E-state index >= 15 is 0 Å². The van der Waals surface area contributed by atoms with Crippen molar-refractivity contribution in [2.75, 3.05) is 19.9 Å². The number of nitrogens with one attached hydrogen (secondary N) is 1. The van der Waals surface area contributed by atoms with Crippen LogP contribution in [-0.2, 0) is 17.8 Å². The lowest BCUT2D eigenvalue weighted by Gasteiger charge is -2.33. The number of hydrogen-bond acceptors (Lipinski definition) is 5. The Bertz CT molecular complexity index is 781. The van der Waals surface area contributed by atoms with Crippen LogP contribution in [0, 0.1) is 0 Å². The maximum absolute atomic E-state index is 12.4. The van der Waals surface area contributed by atoms with Gasteiger partial charge in [-0.25, -0.2) is 0 Å². The van der Waals surface area contributed by atoms with Gasteiger partial charge in [0.15, 0.2) is 11.5 Å². The van der Waals surface area contributed by atoms with Crippen LogP contribution >= 0.6 is 0 Å². The Morgan fingerprint density at radius 1 is 1.22 bits per heavy atom. The molecule has 1 saturated heterocycles. The summed E-state index contributed by atoms with van der Waals surface area (Å²) in [5.74, 6) is 1.66. The molecule has 0 saturated carbocycles. The predicted octanol–water partition coefficient (Wildman–Crippen LogP) is 2.52. The molecular weight excluding hydrogens is 342 g/mol. The number of ether oxygens (including phenoxy) is 2. The van der Waals surface area contributed by atoms with E-state index in [0.717, 1.165) is 49.5 Å². The van der Waals surface area contributed by atoms with Crippen molar-refractivity contribution in [2.45, 2.75) is 38.3 Å². The molecular formula is C21H25N3O3. The zero-order valence-corrected chi connectivity index (χ0v) is 15.4. The summed E-state index contributed by atoms with van der Waals surface area (Å²) >= 11 is 0. The topological polar surface area (TPSA) is 63.7 Å². The predicted molar refractivity (Wildman–Crippen MR) is 102 cm³/mol. The molecule has 142 valence electrons. The van der Waals surface area contributed by atoms with Crippen LogP contribution in [0.5, 0.6) is 11.5 Å². The average molecular weight is 367 g/mol. The van der Waals surface area contributed by atoms with Gasteiger partial charge in [-0.15, -0.1) is 0 Å². The Balaban J connectivity index is 1.24. The number of carbonyl (C=O) groups is 1. The minimum Gasteiger partial charge on any atom is -0.454 e. The molecule has 6 heteroatoms. The summed E-state index contributed by atoms with van der Waals surface area (Å²) in [6, 6.07) is 10.2. The molecule has 1 amide bonds. The number of carbonyl (C=O) groups excluding carboxylic acids is 1. The normalized spacial score (nSPS) is 19.0. The fourth-order valence-electron chi connectivity index (χ4n) is 3.72. The number of aromatic nitrogens is 1. The molecule has 1 aromatic heterocycles. The van der Waals surface area contributed by atoms with Crippen molar-refractivity contribution in [3.8, 4) is 11.5 Å². The highest BCUT2D eigenvalue weighted by molar-refractivity contribution is 5.76. The maximum atomic E-state index is 12.4. The Labute approximate surface area is 159 Å². The molecule has 2 aliphatic heterocycles. The number of piperidine rings is 1. The summed E-state index contributed by atoms with van der Waals surface area (Å²) in [4.78, 5) is 19.0. The Kier molecular flexibility index (Phi) is 5.53. The molecule has 4 rings (SSSR count). The number of aryl methyl sites for hydroxylation is 1. The maximum Gasteiger partial charge on any atom is 0.231 e. The minimum atomic E-state index is 0.112. The minimum absolute atomic E-state index is 0.112. The summed E-state index contributed by atoms with van der Waals surface area (Å²) in [7, 11) is 0. The number of hydrogen-bond donors (Lipinski definition) is 1. The van der Waals surface area contributed by atoms with Crippen LogP contribution in [-0.4, -0.2) is 41.7 Å². The summed E-state index contributed by atoms with van der Waals surface area (Å²) in [5, 5.41) is 3.21. The zero-order chi connectivity index (χ0) is 18.5. The first-order chi connectivity index (χ1) is 13.3. The summed E-state index contributed by atoms with van der Waals surface area (Å²) < 4.78 is 10.7. The van der Waals surface area contributed by atoms with Crippen LogP contribution in [0.15, 0.2) is 42.7 Å². The fraction of sp³-hybridized carbons (Fsp3) is 0.429. The fourth-order valence-corrected chi connectivity index (χ4v) is 3.72. The van der Waals surface area contributed by atoms with E-state index in [2.05, 4.69) is 21.3 Å². The van der Waals surface area contributed by atoms with Gasteiger partial charge in [-0.1, -0.05) is 12.1 Å². The second-order valence-electron chi connectivity index (χ2n) is 7.19. The van der Waals surface area contributed by atoms with Gasteiger partial charge in [0.1, 0.15) is 0 Å². The van der Waals surface area contributed by atoms with Crippen molar-refractivity contribution in [1.82, 2.24) is 15.2 Å². The van der Waals surface area contributed by atoms with E-state index in [1.165, 1.54) is 5.56 Å². The summed E-state index contributed by atoms with van der Waals surface area (Å²) in [6.07, 6.45) is 7.04. The summed E-state index contributed by atoms with van der Waals surface area (Å²) in [5.41, 5.74) is 2.31. The van der Waals surface area contributed by atoms with E-state index in [1.807, 2.05) is 30.5 Å². The Morgan fingerprint density at radius 3 is 3.04 bits per heavy atom. The highest BCUT2D eigenvalue weighted by Gasteiger charge is 2.21. The van der Waals surface area contributed by atoms with E-state index in [-0.39, 0.29) is 18.7 Å². The number of amides is 1. The first-order valence-corrected chi connectivity index (χ1v) is 9.55. The molecule has 2 aliphatic rings. The van der Waals surface area contributed by atoms with Gasteiger partial charge in [-0.05, 0) is 55.1 Å². The van der Waals surface area contributed by atoms with Crippen LogP contribution < -0.4 is 14.8 Å². The Morgan fingerprint density at radius 2 is 2.15 bits per heavy atom. The number of pyridine rings is 1. The van der Waals surface area contributed by atoms with Gasteiger partial charge in [0, 0.05) is 37.9 Å². The lowest BCUT2D eigenvalue weighted by Crippen LogP contribution is -2.47. The third kappa shape index (κ3) is 4.77. The van der Waals surface area contributed by atoms with Crippen LogP contribution in [0.25, 0.3) is 0 Å². The first kappa shape index (κ1) is 17.8. The average Bonchev–Trinajstić information content (AvgIpc) is 3.15. The molecule has 0 bridgehead atoms. The van der Waals surface area contributed by atoms with E-state index < -0.39 is 0 Å². The van der Waals surface area contributed by atoms with Crippen molar-refractivity contribution in [1.29, 1.82) is 0 Å². The molecule has 2 aromatic rings. The van der Waals surface area contributed by atoms with Gasteiger partial charge in [0.25, 0.3) is 0 Å². The van der Waals surface area contributed by atoms with Crippen molar-refractivity contribution in [3.63, 3.8) is 0 Å². The van der Waals surface area contributed by atoms with Crippen molar-refractivity contribution in [3.05, 3.63) is 53.9 Å². The largest absolute Gasteiger partial charge is 0.454 e. The molecule has 1 aromatic carbocycles. The molecule has 6 nitrogen and oxygen atoms in total. The van der Waals surface area contributed by atoms with Crippen LogP contribution in [0.4, 0.5) is 0 Å². The smallest absolute Gasteiger partial charge is 0.231 e. The zero-order valence-electron chi connectivity index (χ0n) is 15.4. The van der Waals surface area contributed by atoms with Crippen molar-refractivity contribution in [2.24, 2.45) is 0 Å². The third-order valence-electron chi connectivity index (χ3n) is 5.08. The second kappa shape index (κ2) is 8.39. The molecule has 1 fully saturated rings.